The molecule has 0 aliphatic carbocycles. The number of nitrogens with one attached hydrogen (secondary N) is 1. The van der Waals surface area contributed by atoms with Crippen LogP contribution in [-0.2, 0) is 0 Å². The van der Waals surface area contributed by atoms with Crippen LogP contribution in [0.5, 0.6) is 0 Å². The van der Waals surface area contributed by atoms with Crippen LogP contribution in [0, 0.1) is 17.5 Å². The second-order valence-electron chi connectivity index (χ2n) is 3.67. The van der Waals surface area contributed by atoms with Crippen molar-refractivity contribution in [3.05, 3.63) is 53.7 Å². The van der Waals surface area contributed by atoms with E-state index in [4.69, 9.17) is 4.42 Å². The van der Waals surface area contributed by atoms with Crippen molar-refractivity contribution in [3.63, 3.8) is 0 Å². The quantitative estimate of drug-likeness (QED) is 0.828. The fourth-order valence-electron chi connectivity index (χ4n) is 1.45. The molecule has 3 nitrogen and oxygen atoms in total. The molecule has 2 N–H and O–H groups in total. The molecule has 0 aliphatic rings. The molecule has 0 amide bonds. The first kappa shape index (κ1) is 12.5. The highest BCUT2D eigenvalue weighted by Crippen LogP contribution is 2.19. The molecule has 0 saturated heterocycles. The summed E-state index contributed by atoms with van der Waals surface area (Å²) in [5.41, 5.74) is 0.0389. The Morgan fingerprint density at radius 1 is 1.22 bits per heavy atom. The van der Waals surface area contributed by atoms with Crippen molar-refractivity contribution in [1.29, 1.82) is 0 Å². The summed E-state index contributed by atoms with van der Waals surface area (Å²) in [4.78, 5) is 0. The van der Waals surface area contributed by atoms with Crippen molar-refractivity contribution < 1.29 is 22.7 Å². The molecule has 0 radical (unpaired) electrons. The van der Waals surface area contributed by atoms with Crippen molar-refractivity contribution in [2.45, 2.75) is 6.10 Å². The number of hydrogen-bond donors (Lipinski definition) is 2. The summed E-state index contributed by atoms with van der Waals surface area (Å²) in [5.74, 6) is -3.77. The molecule has 0 bridgehead atoms. The zero-order chi connectivity index (χ0) is 13.1. The van der Waals surface area contributed by atoms with Crippen LogP contribution >= 0.6 is 0 Å². The molecule has 0 spiro atoms. The summed E-state index contributed by atoms with van der Waals surface area (Å²) >= 11 is 0. The van der Waals surface area contributed by atoms with Crippen LogP contribution < -0.4 is 5.32 Å². The molecule has 1 aromatic carbocycles. The normalized spacial score (nSPS) is 12.4. The minimum Gasteiger partial charge on any atom is -0.467 e. The van der Waals surface area contributed by atoms with Crippen molar-refractivity contribution in [2.75, 3.05) is 11.9 Å². The molecular formula is C12H10F3NO2. The van der Waals surface area contributed by atoms with Crippen LogP contribution in [0.3, 0.4) is 0 Å². The Balaban J connectivity index is 2.02. The Labute approximate surface area is 101 Å². The van der Waals surface area contributed by atoms with Crippen LogP contribution in [0.1, 0.15) is 11.9 Å². The van der Waals surface area contributed by atoms with Gasteiger partial charge in [-0.2, -0.15) is 0 Å². The minimum absolute atomic E-state index is 0.0158. The Morgan fingerprint density at radius 2 is 1.89 bits per heavy atom. The third kappa shape index (κ3) is 2.65. The number of anilines is 1. The molecule has 2 aromatic rings. The summed E-state index contributed by atoms with van der Waals surface area (Å²) in [6, 6.07) is 4.80. The van der Waals surface area contributed by atoms with E-state index in [-0.39, 0.29) is 12.2 Å². The van der Waals surface area contributed by atoms with E-state index in [1.165, 1.54) is 6.26 Å². The minimum atomic E-state index is -1.52. The lowest BCUT2D eigenvalue weighted by molar-refractivity contribution is 0.162. The topological polar surface area (TPSA) is 45.4 Å². The number of furan rings is 1. The molecule has 1 heterocycles. The largest absolute Gasteiger partial charge is 0.467 e. The highest BCUT2D eigenvalue weighted by Gasteiger charge is 2.13. The first-order valence-corrected chi connectivity index (χ1v) is 5.18. The van der Waals surface area contributed by atoms with Crippen LogP contribution in [0.2, 0.25) is 0 Å². The smallest absolute Gasteiger partial charge is 0.194 e. The molecule has 96 valence electrons. The van der Waals surface area contributed by atoms with Gasteiger partial charge in [-0.05, 0) is 12.1 Å². The fraction of sp³-hybridized carbons (Fsp3) is 0.167. The predicted octanol–water partition coefficient (Wildman–Crippen LogP) is 2.84. The van der Waals surface area contributed by atoms with E-state index < -0.39 is 23.6 Å². The predicted molar refractivity (Wildman–Crippen MR) is 58.5 cm³/mol. The maximum atomic E-state index is 12.9. The summed E-state index contributed by atoms with van der Waals surface area (Å²) in [6.45, 7) is -0.0158. The second-order valence-corrected chi connectivity index (χ2v) is 3.67. The standard InChI is InChI=1S/C12H10F3NO2/c13-8-4-7(5-9(14)12(8)15)16-6-10(17)11-2-1-3-18-11/h1-5,10,16-17H,6H2. The van der Waals surface area contributed by atoms with Crippen LogP contribution in [0.4, 0.5) is 18.9 Å². The third-order valence-electron chi connectivity index (χ3n) is 2.35. The Kier molecular flexibility index (Phi) is 3.57. The van der Waals surface area contributed by atoms with Crippen molar-refractivity contribution in [2.24, 2.45) is 0 Å². The summed E-state index contributed by atoms with van der Waals surface area (Å²) in [6.07, 6.45) is 0.437. The molecule has 6 heteroatoms. The number of benzene rings is 1. The van der Waals surface area contributed by atoms with E-state index >= 15 is 0 Å². The highest BCUT2D eigenvalue weighted by molar-refractivity contribution is 5.44. The zero-order valence-corrected chi connectivity index (χ0v) is 9.16. The van der Waals surface area contributed by atoms with Crippen molar-refractivity contribution in [3.8, 4) is 0 Å². The molecule has 2 rings (SSSR count). The van der Waals surface area contributed by atoms with E-state index in [2.05, 4.69) is 5.32 Å². The molecule has 0 fully saturated rings. The van der Waals surface area contributed by atoms with Crippen molar-refractivity contribution in [1.82, 2.24) is 0 Å². The average Bonchev–Trinajstić information content (AvgIpc) is 2.86. The fourth-order valence-corrected chi connectivity index (χ4v) is 1.45. The maximum Gasteiger partial charge on any atom is 0.194 e. The molecule has 18 heavy (non-hydrogen) atoms. The van der Waals surface area contributed by atoms with E-state index in [1.54, 1.807) is 12.1 Å². The van der Waals surface area contributed by atoms with Gasteiger partial charge in [0.2, 0.25) is 0 Å². The van der Waals surface area contributed by atoms with Gasteiger partial charge in [0.1, 0.15) is 11.9 Å². The van der Waals surface area contributed by atoms with Crippen LogP contribution in [0.15, 0.2) is 34.9 Å². The number of aliphatic hydroxyl groups excluding tert-OH is 1. The first-order valence-electron chi connectivity index (χ1n) is 5.18. The van der Waals surface area contributed by atoms with Gasteiger partial charge in [-0.1, -0.05) is 0 Å². The lowest BCUT2D eigenvalue weighted by Gasteiger charge is -2.11. The SMILES string of the molecule is OC(CNc1cc(F)c(F)c(F)c1)c1ccco1. The lowest BCUT2D eigenvalue weighted by atomic mass is 10.2. The van der Waals surface area contributed by atoms with Gasteiger partial charge in [0, 0.05) is 24.4 Å². The molecule has 1 unspecified atom stereocenters. The molecule has 1 atom stereocenters. The number of rotatable bonds is 4. The molecule has 1 aromatic heterocycles. The Hall–Kier alpha value is -1.95. The first-order chi connectivity index (χ1) is 8.58. The Bertz CT molecular complexity index is 505. The van der Waals surface area contributed by atoms with Gasteiger partial charge in [0.05, 0.1) is 6.26 Å². The summed E-state index contributed by atoms with van der Waals surface area (Å²) in [7, 11) is 0. The van der Waals surface area contributed by atoms with E-state index in [1.807, 2.05) is 0 Å². The van der Waals surface area contributed by atoms with Gasteiger partial charge in [-0.3, -0.25) is 0 Å². The number of halogens is 3. The summed E-state index contributed by atoms with van der Waals surface area (Å²) in [5, 5.41) is 12.2. The lowest BCUT2D eigenvalue weighted by Crippen LogP contribution is -2.12. The van der Waals surface area contributed by atoms with Crippen LogP contribution in [0.25, 0.3) is 0 Å². The highest BCUT2D eigenvalue weighted by atomic mass is 19.2. The van der Waals surface area contributed by atoms with Gasteiger partial charge in [-0.25, -0.2) is 13.2 Å². The second kappa shape index (κ2) is 5.14. The van der Waals surface area contributed by atoms with Gasteiger partial charge in [0.25, 0.3) is 0 Å². The molecule has 0 aliphatic heterocycles. The monoisotopic (exact) mass is 257 g/mol. The molecular weight excluding hydrogens is 247 g/mol. The van der Waals surface area contributed by atoms with Gasteiger partial charge in [0.15, 0.2) is 17.5 Å². The maximum absolute atomic E-state index is 12.9. The average molecular weight is 257 g/mol. The summed E-state index contributed by atoms with van der Waals surface area (Å²) < 4.78 is 43.4. The van der Waals surface area contributed by atoms with Crippen LogP contribution in [-0.4, -0.2) is 11.7 Å². The van der Waals surface area contributed by atoms with Gasteiger partial charge >= 0.3 is 0 Å². The van der Waals surface area contributed by atoms with Crippen molar-refractivity contribution >= 4 is 5.69 Å². The number of aliphatic hydroxyl groups is 1. The van der Waals surface area contributed by atoms with Gasteiger partial charge in [-0.15, -0.1) is 0 Å². The van der Waals surface area contributed by atoms with E-state index in [0.29, 0.717) is 5.76 Å². The zero-order valence-electron chi connectivity index (χ0n) is 9.16. The number of hydrogen-bond acceptors (Lipinski definition) is 3. The molecule has 0 saturated carbocycles. The van der Waals surface area contributed by atoms with Gasteiger partial charge < -0.3 is 14.8 Å². The third-order valence-corrected chi connectivity index (χ3v) is 2.35. The van der Waals surface area contributed by atoms with E-state index in [9.17, 15) is 18.3 Å². The Morgan fingerprint density at radius 3 is 2.44 bits per heavy atom. The van der Waals surface area contributed by atoms with E-state index in [0.717, 1.165) is 12.1 Å².